The molecule has 102 valence electrons. The molecule has 0 bridgehead atoms. The molecule has 2 unspecified atom stereocenters. The molecule has 1 aromatic rings. The highest BCUT2D eigenvalue weighted by Gasteiger charge is 2.25. The third-order valence-corrected chi connectivity index (χ3v) is 3.61. The first-order valence-corrected chi connectivity index (χ1v) is 6.95. The first kappa shape index (κ1) is 13.4. The second kappa shape index (κ2) is 5.74. The maximum absolute atomic E-state index is 5.49. The Morgan fingerprint density at radius 3 is 2.89 bits per heavy atom. The van der Waals surface area contributed by atoms with Crippen molar-refractivity contribution in [2.75, 3.05) is 25.1 Å². The van der Waals surface area contributed by atoms with Crippen molar-refractivity contribution in [2.45, 2.75) is 40.2 Å². The van der Waals surface area contributed by atoms with E-state index in [1.807, 2.05) is 0 Å². The number of imidazole rings is 1. The van der Waals surface area contributed by atoms with Crippen LogP contribution in [0.25, 0.3) is 0 Å². The molecule has 1 aliphatic heterocycles. The normalized spacial score (nSPS) is 21.5. The SMILES string of the molecule is Cc1cn(C(C)C2CCOC2)c(NCC(C)C)n1. The first-order chi connectivity index (χ1) is 8.58. The summed E-state index contributed by atoms with van der Waals surface area (Å²) < 4.78 is 7.77. The molecular formula is C14H25N3O. The lowest BCUT2D eigenvalue weighted by Crippen LogP contribution is -2.20. The Morgan fingerprint density at radius 2 is 2.28 bits per heavy atom. The number of rotatable bonds is 5. The number of nitrogens with one attached hydrogen (secondary N) is 1. The Hall–Kier alpha value is -1.03. The van der Waals surface area contributed by atoms with E-state index in [1.54, 1.807) is 0 Å². The molecule has 1 aliphatic rings. The third-order valence-electron chi connectivity index (χ3n) is 3.61. The zero-order chi connectivity index (χ0) is 13.1. The molecule has 0 spiro atoms. The Kier molecular flexibility index (Phi) is 4.27. The average molecular weight is 251 g/mol. The molecule has 1 N–H and O–H groups in total. The summed E-state index contributed by atoms with van der Waals surface area (Å²) in [5.74, 6) is 2.24. The summed E-state index contributed by atoms with van der Waals surface area (Å²) in [7, 11) is 0. The lowest BCUT2D eigenvalue weighted by molar-refractivity contribution is 0.175. The molecule has 0 aromatic carbocycles. The van der Waals surface area contributed by atoms with E-state index in [-0.39, 0.29) is 0 Å². The van der Waals surface area contributed by atoms with Crippen LogP contribution in [0, 0.1) is 18.8 Å². The third kappa shape index (κ3) is 3.05. The van der Waals surface area contributed by atoms with Crippen LogP contribution in [0.15, 0.2) is 6.20 Å². The standard InChI is InChI=1S/C14H25N3O/c1-10(2)7-15-14-16-11(3)8-17(14)12(4)13-5-6-18-9-13/h8,10,12-13H,5-7,9H2,1-4H3,(H,15,16). The molecule has 0 aliphatic carbocycles. The van der Waals surface area contributed by atoms with E-state index in [4.69, 9.17) is 4.74 Å². The number of hydrogen-bond acceptors (Lipinski definition) is 3. The van der Waals surface area contributed by atoms with Gasteiger partial charge in [0.1, 0.15) is 0 Å². The highest BCUT2D eigenvalue weighted by molar-refractivity contribution is 5.29. The molecule has 2 heterocycles. The molecule has 4 nitrogen and oxygen atoms in total. The Morgan fingerprint density at radius 1 is 1.50 bits per heavy atom. The van der Waals surface area contributed by atoms with Crippen molar-refractivity contribution in [2.24, 2.45) is 11.8 Å². The average Bonchev–Trinajstić information content (AvgIpc) is 2.94. The van der Waals surface area contributed by atoms with Crippen LogP contribution in [-0.4, -0.2) is 29.3 Å². The second-order valence-electron chi connectivity index (χ2n) is 5.75. The van der Waals surface area contributed by atoms with Gasteiger partial charge in [-0.15, -0.1) is 0 Å². The second-order valence-corrected chi connectivity index (χ2v) is 5.75. The van der Waals surface area contributed by atoms with E-state index in [1.165, 1.54) is 0 Å². The highest BCUT2D eigenvalue weighted by Crippen LogP contribution is 2.28. The van der Waals surface area contributed by atoms with Crippen LogP contribution in [0.4, 0.5) is 5.95 Å². The van der Waals surface area contributed by atoms with Gasteiger partial charge in [-0.2, -0.15) is 0 Å². The van der Waals surface area contributed by atoms with Crippen LogP contribution in [0.2, 0.25) is 0 Å². The lowest BCUT2D eigenvalue weighted by Gasteiger charge is -2.22. The van der Waals surface area contributed by atoms with Gasteiger partial charge in [0, 0.05) is 31.3 Å². The number of nitrogens with zero attached hydrogens (tertiary/aromatic N) is 2. The minimum Gasteiger partial charge on any atom is -0.381 e. The molecule has 0 radical (unpaired) electrons. The molecule has 2 atom stereocenters. The summed E-state index contributed by atoms with van der Waals surface area (Å²) >= 11 is 0. The van der Waals surface area contributed by atoms with Crippen LogP contribution in [0.3, 0.4) is 0 Å². The topological polar surface area (TPSA) is 39.1 Å². The smallest absolute Gasteiger partial charge is 0.203 e. The van der Waals surface area contributed by atoms with E-state index >= 15 is 0 Å². The van der Waals surface area contributed by atoms with Crippen LogP contribution in [0.5, 0.6) is 0 Å². The minimum absolute atomic E-state index is 0.448. The van der Waals surface area contributed by atoms with Gasteiger partial charge >= 0.3 is 0 Å². The predicted octanol–water partition coefficient (Wildman–Crippen LogP) is 2.86. The predicted molar refractivity (Wildman–Crippen MR) is 73.9 cm³/mol. The van der Waals surface area contributed by atoms with E-state index in [0.717, 1.165) is 37.8 Å². The van der Waals surface area contributed by atoms with E-state index < -0.39 is 0 Å². The van der Waals surface area contributed by atoms with Gasteiger partial charge in [0.05, 0.1) is 12.3 Å². The number of hydrogen-bond donors (Lipinski definition) is 1. The Balaban J connectivity index is 2.10. The molecule has 1 saturated heterocycles. The molecule has 1 fully saturated rings. The van der Waals surface area contributed by atoms with Gasteiger partial charge in [-0.3, -0.25) is 0 Å². The summed E-state index contributed by atoms with van der Waals surface area (Å²) in [6.07, 6.45) is 3.30. The van der Waals surface area contributed by atoms with Crippen LogP contribution < -0.4 is 5.32 Å². The van der Waals surface area contributed by atoms with Crippen molar-refractivity contribution in [1.29, 1.82) is 0 Å². The minimum atomic E-state index is 0.448. The summed E-state index contributed by atoms with van der Waals surface area (Å²) in [5.41, 5.74) is 1.08. The van der Waals surface area contributed by atoms with Crippen molar-refractivity contribution in [3.63, 3.8) is 0 Å². The van der Waals surface area contributed by atoms with Gasteiger partial charge in [-0.1, -0.05) is 13.8 Å². The Bertz CT molecular complexity index is 380. The molecular weight excluding hydrogens is 226 g/mol. The van der Waals surface area contributed by atoms with Gasteiger partial charge in [-0.05, 0) is 26.2 Å². The number of aryl methyl sites for hydroxylation is 1. The molecule has 18 heavy (non-hydrogen) atoms. The maximum atomic E-state index is 5.49. The number of ether oxygens (including phenoxy) is 1. The molecule has 0 amide bonds. The first-order valence-electron chi connectivity index (χ1n) is 6.95. The molecule has 4 heteroatoms. The zero-order valence-electron chi connectivity index (χ0n) is 11.9. The highest BCUT2D eigenvalue weighted by atomic mass is 16.5. The monoisotopic (exact) mass is 251 g/mol. The fourth-order valence-electron chi connectivity index (χ4n) is 2.41. The van der Waals surface area contributed by atoms with E-state index in [9.17, 15) is 0 Å². The van der Waals surface area contributed by atoms with Crippen LogP contribution >= 0.6 is 0 Å². The van der Waals surface area contributed by atoms with Gasteiger partial charge < -0.3 is 14.6 Å². The van der Waals surface area contributed by atoms with Crippen molar-refractivity contribution in [3.8, 4) is 0 Å². The van der Waals surface area contributed by atoms with E-state index in [0.29, 0.717) is 17.9 Å². The van der Waals surface area contributed by atoms with Crippen molar-refractivity contribution in [3.05, 3.63) is 11.9 Å². The molecule has 2 rings (SSSR count). The largest absolute Gasteiger partial charge is 0.381 e. The summed E-state index contributed by atoms with van der Waals surface area (Å²) in [5, 5.41) is 3.45. The van der Waals surface area contributed by atoms with Gasteiger partial charge in [0.25, 0.3) is 0 Å². The van der Waals surface area contributed by atoms with Crippen molar-refractivity contribution < 1.29 is 4.74 Å². The number of aromatic nitrogens is 2. The summed E-state index contributed by atoms with van der Waals surface area (Å²) in [6, 6.07) is 0.448. The Labute approximate surface area is 110 Å². The molecule has 1 aromatic heterocycles. The molecule has 0 saturated carbocycles. The van der Waals surface area contributed by atoms with Crippen LogP contribution in [0.1, 0.15) is 38.9 Å². The van der Waals surface area contributed by atoms with Crippen molar-refractivity contribution >= 4 is 5.95 Å². The lowest BCUT2D eigenvalue weighted by atomic mass is 10.0. The summed E-state index contributed by atoms with van der Waals surface area (Å²) in [4.78, 5) is 4.59. The van der Waals surface area contributed by atoms with E-state index in [2.05, 4.69) is 48.8 Å². The number of anilines is 1. The zero-order valence-corrected chi connectivity index (χ0v) is 11.9. The van der Waals surface area contributed by atoms with Gasteiger partial charge in [0.15, 0.2) is 0 Å². The van der Waals surface area contributed by atoms with Crippen LogP contribution in [-0.2, 0) is 4.74 Å². The maximum Gasteiger partial charge on any atom is 0.203 e. The summed E-state index contributed by atoms with van der Waals surface area (Å²) in [6.45, 7) is 11.5. The fourth-order valence-corrected chi connectivity index (χ4v) is 2.41. The fraction of sp³-hybridized carbons (Fsp3) is 0.786. The van der Waals surface area contributed by atoms with Crippen molar-refractivity contribution in [1.82, 2.24) is 9.55 Å². The van der Waals surface area contributed by atoms with Gasteiger partial charge in [0.2, 0.25) is 5.95 Å². The quantitative estimate of drug-likeness (QED) is 0.874. The van der Waals surface area contributed by atoms with Gasteiger partial charge in [-0.25, -0.2) is 4.98 Å².